The minimum atomic E-state index is -0.955. The van der Waals surface area contributed by atoms with Crippen molar-refractivity contribution < 1.29 is 18.3 Å². The van der Waals surface area contributed by atoms with Crippen LogP contribution in [0.3, 0.4) is 0 Å². The third kappa shape index (κ3) is 2.52. The van der Waals surface area contributed by atoms with Crippen LogP contribution in [0.1, 0.15) is 5.56 Å². The SMILES string of the molecule is O=c1nc(OCc2cccc(F)c2F)cc2n1CC1COCCN21. The summed E-state index contributed by atoms with van der Waals surface area (Å²) in [5.74, 6) is -1.07. The van der Waals surface area contributed by atoms with E-state index in [2.05, 4.69) is 9.88 Å². The van der Waals surface area contributed by atoms with Crippen molar-refractivity contribution in [1.82, 2.24) is 9.55 Å². The first-order valence-electron chi connectivity index (χ1n) is 7.65. The first kappa shape index (κ1) is 15.1. The van der Waals surface area contributed by atoms with E-state index in [1.54, 1.807) is 10.6 Å². The molecule has 0 aliphatic carbocycles. The van der Waals surface area contributed by atoms with Crippen molar-refractivity contribution in [3.8, 4) is 5.88 Å². The smallest absolute Gasteiger partial charge is 0.352 e. The molecular weight excluding hydrogens is 320 g/mol. The van der Waals surface area contributed by atoms with Crippen LogP contribution in [0.15, 0.2) is 29.1 Å². The summed E-state index contributed by atoms with van der Waals surface area (Å²) in [5.41, 5.74) is -0.349. The molecule has 4 rings (SSSR count). The van der Waals surface area contributed by atoms with Crippen molar-refractivity contribution in [1.29, 1.82) is 0 Å². The minimum Gasteiger partial charge on any atom is -0.472 e. The third-order valence-corrected chi connectivity index (χ3v) is 4.29. The van der Waals surface area contributed by atoms with Gasteiger partial charge in [0.25, 0.3) is 0 Å². The van der Waals surface area contributed by atoms with Crippen LogP contribution in [0.2, 0.25) is 0 Å². The number of aromatic nitrogens is 2. The van der Waals surface area contributed by atoms with Gasteiger partial charge in [-0.1, -0.05) is 12.1 Å². The van der Waals surface area contributed by atoms with E-state index in [-0.39, 0.29) is 24.1 Å². The number of halogens is 2. The Kier molecular flexibility index (Phi) is 3.68. The molecule has 6 nitrogen and oxygen atoms in total. The molecule has 1 aromatic carbocycles. The van der Waals surface area contributed by atoms with Crippen LogP contribution in [-0.2, 0) is 17.9 Å². The van der Waals surface area contributed by atoms with Gasteiger partial charge in [0, 0.05) is 18.2 Å². The molecule has 1 saturated heterocycles. The summed E-state index contributed by atoms with van der Waals surface area (Å²) in [6.07, 6.45) is 0. The normalized spacial score (nSPS) is 19.1. The fourth-order valence-electron chi connectivity index (χ4n) is 3.09. The van der Waals surface area contributed by atoms with Gasteiger partial charge in [0.2, 0.25) is 5.88 Å². The number of anilines is 1. The van der Waals surface area contributed by atoms with E-state index in [4.69, 9.17) is 9.47 Å². The number of nitrogens with zero attached hydrogens (tertiary/aromatic N) is 3. The van der Waals surface area contributed by atoms with E-state index in [1.165, 1.54) is 12.1 Å². The molecule has 0 saturated carbocycles. The molecule has 0 radical (unpaired) electrons. The molecule has 126 valence electrons. The third-order valence-electron chi connectivity index (χ3n) is 4.29. The summed E-state index contributed by atoms with van der Waals surface area (Å²) < 4.78 is 39.3. The molecule has 3 heterocycles. The Balaban J connectivity index is 1.58. The van der Waals surface area contributed by atoms with Crippen molar-refractivity contribution >= 4 is 5.82 Å². The van der Waals surface area contributed by atoms with Gasteiger partial charge in [0.05, 0.1) is 25.8 Å². The zero-order chi connectivity index (χ0) is 16.7. The van der Waals surface area contributed by atoms with Crippen molar-refractivity contribution in [2.24, 2.45) is 0 Å². The second kappa shape index (κ2) is 5.86. The monoisotopic (exact) mass is 335 g/mol. The number of morpholine rings is 1. The topological polar surface area (TPSA) is 56.6 Å². The van der Waals surface area contributed by atoms with Crippen LogP contribution < -0.4 is 15.3 Å². The van der Waals surface area contributed by atoms with Gasteiger partial charge in [0.15, 0.2) is 11.6 Å². The molecule has 0 N–H and O–H groups in total. The van der Waals surface area contributed by atoms with E-state index in [0.29, 0.717) is 26.3 Å². The first-order valence-corrected chi connectivity index (χ1v) is 7.65. The average molecular weight is 335 g/mol. The lowest BCUT2D eigenvalue weighted by molar-refractivity contribution is 0.0956. The Morgan fingerprint density at radius 3 is 3.12 bits per heavy atom. The van der Waals surface area contributed by atoms with Gasteiger partial charge in [-0.05, 0) is 6.07 Å². The molecule has 0 amide bonds. The Morgan fingerprint density at radius 2 is 2.25 bits per heavy atom. The number of hydrogen-bond acceptors (Lipinski definition) is 5. The Bertz CT molecular complexity index is 840. The van der Waals surface area contributed by atoms with Crippen LogP contribution in [0.4, 0.5) is 14.6 Å². The highest BCUT2D eigenvalue weighted by Gasteiger charge is 2.33. The van der Waals surface area contributed by atoms with E-state index in [9.17, 15) is 13.6 Å². The number of rotatable bonds is 3. The zero-order valence-corrected chi connectivity index (χ0v) is 12.7. The number of fused-ring (bicyclic) bond motifs is 3. The summed E-state index contributed by atoms with van der Waals surface area (Å²) in [4.78, 5) is 18.1. The molecule has 1 fully saturated rings. The summed E-state index contributed by atoms with van der Waals surface area (Å²) in [6.45, 7) is 2.17. The van der Waals surface area contributed by atoms with Crippen LogP contribution >= 0.6 is 0 Å². The molecule has 2 aliphatic rings. The van der Waals surface area contributed by atoms with Gasteiger partial charge in [-0.2, -0.15) is 4.98 Å². The molecular formula is C16H15F2N3O3. The van der Waals surface area contributed by atoms with E-state index in [1.807, 2.05) is 0 Å². The van der Waals surface area contributed by atoms with Gasteiger partial charge in [-0.15, -0.1) is 0 Å². The highest BCUT2D eigenvalue weighted by atomic mass is 19.2. The maximum Gasteiger partial charge on any atom is 0.352 e. The highest BCUT2D eigenvalue weighted by molar-refractivity contribution is 5.47. The van der Waals surface area contributed by atoms with Gasteiger partial charge in [-0.25, -0.2) is 13.6 Å². The second-order valence-corrected chi connectivity index (χ2v) is 5.77. The molecule has 1 unspecified atom stereocenters. The predicted octanol–water partition coefficient (Wildman–Crippen LogP) is 1.32. The quantitative estimate of drug-likeness (QED) is 0.847. The van der Waals surface area contributed by atoms with E-state index >= 15 is 0 Å². The molecule has 2 aliphatic heterocycles. The van der Waals surface area contributed by atoms with E-state index < -0.39 is 17.3 Å². The summed E-state index contributed by atoms with van der Waals surface area (Å²) in [7, 11) is 0. The van der Waals surface area contributed by atoms with Crippen molar-refractivity contribution in [3.63, 3.8) is 0 Å². The Hall–Kier alpha value is -2.48. The summed E-state index contributed by atoms with van der Waals surface area (Å²) >= 11 is 0. The first-order chi connectivity index (χ1) is 11.6. The van der Waals surface area contributed by atoms with E-state index in [0.717, 1.165) is 11.9 Å². The van der Waals surface area contributed by atoms with Gasteiger partial charge < -0.3 is 14.4 Å². The van der Waals surface area contributed by atoms with Crippen molar-refractivity contribution in [2.75, 3.05) is 24.7 Å². The molecule has 24 heavy (non-hydrogen) atoms. The number of hydrogen-bond donors (Lipinski definition) is 0. The number of benzene rings is 1. The predicted molar refractivity (Wildman–Crippen MR) is 81.1 cm³/mol. The Labute approximate surface area is 136 Å². The lowest BCUT2D eigenvalue weighted by Gasteiger charge is -2.30. The second-order valence-electron chi connectivity index (χ2n) is 5.77. The summed E-state index contributed by atoms with van der Waals surface area (Å²) in [6, 6.07) is 5.64. The van der Waals surface area contributed by atoms with Crippen molar-refractivity contribution in [2.45, 2.75) is 19.2 Å². The van der Waals surface area contributed by atoms with Crippen LogP contribution in [-0.4, -0.2) is 35.4 Å². The maximum absolute atomic E-state index is 13.7. The molecule has 0 spiro atoms. The van der Waals surface area contributed by atoms with Crippen molar-refractivity contribution in [3.05, 3.63) is 51.9 Å². The van der Waals surface area contributed by atoms with Gasteiger partial charge in [-0.3, -0.25) is 4.57 Å². The highest BCUT2D eigenvalue weighted by Crippen LogP contribution is 2.28. The van der Waals surface area contributed by atoms with Gasteiger partial charge in [0.1, 0.15) is 12.4 Å². The lowest BCUT2D eigenvalue weighted by atomic mass is 10.2. The lowest BCUT2D eigenvalue weighted by Crippen LogP contribution is -2.43. The molecule has 8 heteroatoms. The fraction of sp³-hybridized carbons (Fsp3) is 0.375. The average Bonchev–Trinajstić information content (AvgIpc) is 2.96. The van der Waals surface area contributed by atoms with Crippen LogP contribution in [0.5, 0.6) is 5.88 Å². The standard InChI is InChI=1S/C16H15F2N3O3/c17-12-3-1-2-10(15(12)18)8-24-13-6-14-20-4-5-23-9-11(20)7-21(14)16(22)19-13/h1-3,6,11H,4-5,7-9H2. The number of ether oxygens (including phenoxy) is 2. The minimum absolute atomic E-state index is 0.0710. The van der Waals surface area contributed by atoms with Gasteiger partial charge >= 0.3 is 5.69 Å². The van der Waals surface area contributed by atoms with Crippen LogP contribution in [0, 0.1) is 11.6 Å². The summed E-state index contributed by atoms with van der Waals surface area (Å²) in [5, 5.41) is 0. The van der Waals surface area contributed by atoms with Crippen LogP contribution in [0.25, 0.3) is 0 Å². The molecule has 2 aromatic rings. The molecule has 0 bridgehead atoms. The zero-order valence-electron chi connectivity index (χ0n) is 12.7. The Morgan fingerprint density at radius 1 is 1.38 bits per heavy atom. The fourth-order valence-corrected chi connectivity index (χ4v) is 3.09. The largest absolute Gasteiger partial charge is 0.472 e. The molecule has 1 atom stereocenters. The maximum atomic E-state index is 13.7. The molecule has 1 aromatic heterocycles.